The minimum Gasteiger partial charge on any atom is -0.508 e. The van der Waals surface area contributed by atoms with Crippen LogP contribution in [-0.4, -0.2) is 10.2 Å². The van der Waals surface area contributed by atoms with Crippen molar-refractivity contribution in [1.82, 2.24) is 0 Å². The topological polar surface area (TPSA) is 70.7 Å². The lowest BCUT2D eigenvalue weighted by molar-refractivity contribution is 0.455. The minimum atomic E-state index is -0.599. The molecule has 0 aliphatic rings. The van der Waals surface area contributed by atoms with Crippen molar-refractivity contribution in [1.29, 1.82) is 0 Å². The van der Waals surface area contributed by atoms with E-state index >= 15 is 0 Å². The fraction of sp³-hybridized carbons (Fsp3) is 0.0500. The van der Waals surface area contributed by atoms with Crippen molar-refractivity contribution < 1.29 is 14.6 Å². The van der Waals surface area contributed by atoms with Gasteiger partial charge in [0.05, 0.1) is 10.9 Å². The van der Waals surface area contributed by atoms with Gasteiger partial charge in [0, 0.05) is 12.0 Å². The third-order valence-electron chi connectivity index (χ3n) is 4.25. The maximum Gasteiger partial charge on any atom is 0.343 e. The first kappa shape index (κ1) is 14.3. The molecule has 0 unspecified atom stereocenters. The number of fused-ring (bicyclic) bond motifs is 2. The zero-order chi connectivity index (χ0) is 16.7. The highest BCUT2D eigenvalue weighted by molar-refractivity contribution is 5.89. The van der Waals surface area contributed by atoms with Gasteiger partial charge in [-0.1, -0.05) is 42.5 Å². The van der Waals surface area contributed by atoms with E-state index in [2.05, 4.69) is 0 Å². The van der Waals surface area contributed by atoms with Crippen molar-refractivity contribution in [3.8, 4) is 11.5 Å². The van der Waals surface area contributed by atoms with Gasteiger partial charge in [0.2, 0.25) is 0 Å². The smallest absolute Gasteiger partial charge is 0.343 e. The van der Waals surface area contributed by atoms with Crippen LogP contribution in [0.3, 0.4) is 0 Å². The lowest BCUT2D eigenvalue weighted by Crippen LogP contribution is -2.09. The summed E-state index contributed by atoms with van der Waals surface area (Å²) in [7, 11) is 0. The van der Waals surface area contributed by atoms with Crippen LogP contribution in [0.2, 0.25) is 0 Å². The number of aromatic hydroxyl groups is 2. The molecule has 3 aromatic carbocycles. The Morgan fingerprint density at radius 3 is 2.33 bits per heavy atom. The largest absolute Gasteiger partial charge is 0.508 e. The lowest BCUT2D eigenvalue weighted by Gasteiger charge is -2.10. The van der Waals surface area contributed by atoms with Crippen LogP contribution in [0.5, 0.6) is 11.5 Å². The molecule has 24 heavy (non-hydrogen) atoms. The van der Waals surface area contributed by atoms with Gasteiger partial charge in [0.25, 0.3) is 0 Å². The zero-order valence-electron chi connectivity index (χ0n) is 12.7. The summed E-state index contributed by atoms with van der Waals surface area (Å²) in [6, 6.07) is 17.8. The first-order valence-corrected chi connectivity index (χ1v) is 7.58. The van der Waals surface area contributed by atoms with Gasteiger partial charge in [0.1, 0.15) is 17.1 Å². The Hall–Kier alpha value is -3.27. The predicted molar refractivity (Wildman–Crippen MR) is 92.6 cm³/mol. The molecule has 0 aliphatic heterocycles. The van der Waals surface area contributed by atoms with E-state index in [0.29, 0.717) is 16.5 Å². The summed E-state index contributed by atoms with van der Waals surface area (Å²) in [4.78, 5) is 12.3. The molecule has 4 nitrogen and oxygen atoms in total. The molecule has 0 bridgehead atoms. The molecule has 0 saturated carbocycles. The number of para-hydroxylation sites is 1. The second-order valence-electron chi connectivity index (χ2n) is 5.67. The number of phenols is 1. The van der Waals surface area contributed by atoms with Crippen LogP contribution in [0, 0.1) is 0 Å². The van der Waals surface area contributed by atoms with Crippen molar-refractivity contribution >= 4 is 21.7 Å². The number of rotatable bonds is 2. The van der Waals surface area contributed by atoms with E-state index in [-0.39, 0.29) is 23.5 Å². The highest BCUT2D eigenvalue weighted by Gasteiger charge is 2.17. The van der Waals surface area contributed by atoms with Crippen LogP contribution < -0.4 is 5.63 Å². The fourth-order valence-electron chi connectivity index (χ4n) is 3.01. The summed E-state index contributed by atoms with van der Waals surface area (Å²) < 4.78 is 5.30. The van der Waals surface area contributed by atoms with Gasteiger partial charge < -0.3 is 14.6 Å². The van der Waals surface area contributed by atoms with Gasteiger partial charge in [0.15, 0.2) is 0 Å². The molecule has 0 fully saturated rings. The van der Waals surface area contributed by atoms with Crippen LogP contribution in [0.4, 0.5) is 0 Å². The summed E-state index contributed by atoms with van der Waals surface area (Å²) >= 11 is 0. The fourth-order valence-corrected chi connectivity index (χ4v) is 3.01. The Morgan fingerprint density at radius 2 is 1.50 bits per heavy atom. The average molecular weight is 318 g/mol. The standard InChI is InChI=1S/C20H14O4/c21-17-10-9-12-5-1-2-6-13(12)15(17)11-16-19(22)14-7-3-4-8-18(14)24-20(16)23/h1-10,21-22H,11H2. The monoisotopic (exact) mass is 318 g/mol. The molecule has 0 saturated heterocycles. The molecular formula is C20H14O4. The normalized spacial score (nSPS) is 11.2. The summed E-state index contributed by atoms with van der Waals surface area (Å²) in [5, 5.41) is 23.0. The molecule has 4 aromatic rings. The van der Waals surface area contributed by atoms with Crippen LogP contribution in [0.25, 0.3) is 21.7 Å². The summed E-state index contributed by atoms with van der Waals surface area (Å²) in [6.07, 6.45) is 0.0895. The van der Waals surface area contributed by atoms with E-state index in [9.17, 15) is 15.0 Å². The van der Waals surface area contributed by atoms with Gasteiger partial charge in [-0.3, -0.25) is 0 Å². The lowest BCUT2D eigenvalue weighted by atomic mass is 9.97. The SMILES string of the molecule is O=c1oc2ccccc2c(O)c1Cc1c(O)ccc2ccccc12. The molecule has 118 valence electrons. The van der Waals surface area contributed by atoms with Crippen LogP contribution in [0.15, 0.2) is 69.9 Å². The maximum atomic E-state index is 12.3. The molecular weight excluding hydrogens is 304 g/mol. The molecule has 0 amide bonds. The van der Waals surface area contributed by atoms with Crippen molar-refractivity contribution in [3.05, 3.63) is 82.2 Å². The van der Waals surface area contributed by atoms with Gasteiger partial charge in [-0.2, -0.15) is 0 Å². The molecule has 4 heteroatoms. The van der Waals surface area contributed by atoms with Crippen molar-refractivity contribution in [3.63, 3.8) is 0 Å². The Kier molecular flexibility index (Phi) is 3.24. The predicted octanol–water partition coefficient (Wildman–Crippen LogP) is 3.95. The van der Waals surface area contributed by atoms with E-state index in [0.717, 1.165) is 10.8 Å². The minimum absolute atomic E-state index is 0.0839. The van der Waals surface area contributed by atoms with E-state index < -0.39 is 5.63 Å². The van der Waals surface area contributed by atoms with E-state index in [4.69, 9.17) is 4.42 Å². The number of benzene rings is 3. The second-order valence-corrected chi connectivity index (χ2v) is 5.67. The van der Waals surface area contributed by atoms with Crippen molar-refractivity contribution in [2.45, 2.75) is 6.42 Å². The average Bonchev–Trinajstić information content (AvgIpc) is 2.60. The molecule has 1 aromatic heterocycles. The molecule has 2 N–H and O–H groups in total. The summed E-state index contributed by atoms with van der Waals surface area (Å²) in [5.74, 6) is -0.0187. The van der Waals surface area contributed by atoms with Crippen LogP contribution in [-0.2, 0) is 6.42 Å². The quantitative estimate of drug-likeness (QED) is 0.549. The number of hydrogen-bond acceptors (Lipinski definition) is 4. The Bertz CT molecular complexity index is 1130. The summed E-state index contributed by atoms with van der Waals surface area (Å²) in [6.45, 7) is 0. The molecule has 1 heterocycles. The van der Waals surface area contributed by atoms with Crippen LogP contribution >= 0.6 is 0 Å². The third kappa shape index (κ3) is 2.20. The summed E-state index contributed by atoms with van der Waals surface area (Å²) in [5.41, 5.74) is 0.468. The van der Waals surface area contributed by atoms with E-state index in [1.807, 2.05) is 30.3 Å². The molecule has 0 atom stereocenters. The van der Waals surface area contributed by atoms with Gasteiger partial charge in [-0.15, -0.1) is 0 Å². The molecule has 0 spiro atoms. The third-order valence-corrected chi connectivity index (χ3v) is 4.25. The first-order chi connectivity index (χ1) is 11.6. The number of hydrogen-bond donors (Lipinski definition) is 2. The van der Waals surface area contributed by atoms with Gasteiger partial charge in [-0.05, 0) is 29.0 Å². The second kappa shape index (κ2) is 5.42. The van der Waals surface area contributed by atoms with Crippen LogP contribution in [0.1, 0.15) is 11.1 Å². The Labute approximate surface area is 137 Å². The van der Waals surface area contributed by atoms with E-state index in [1.54, 1.807) is 30.3 Å². The zero-order valence-corrected chi connectivity index (χ0v) is 12.7. The van der Waals surface area contributed by atoms with Crippen molar-refractivity contribution in [2.24, 2.45) is 0 Å². The molecule has 0 radical (unpaired) electrons. The molecule has 4 rings (SSSR count). The van der Waals surface area contributed by atoms with Gasteiger partial charge in [-0.25, -0.2) is 4.79 Å². The van der Waals surface area contributed by atoms with Crippen molar-refractivity contribution in [2.75, 3.05) is 0 Å². The number of phenolic OH excluding ortho intramolecular Hbond substituents is 1. The first-order valence-electron chi connectivity index (χ1n) is 7.58. The highest BCUT2D eigenvalue weighted by Crippen LogP contribution is 2.33. The maximum absolute atomic E-state index is 12.3. The Morgan fingerprint density at radius 1 is 0.792 bits per heavy atom. The Balaban J connectivity index is 1.95. The molecule has 0 aliphatic carbocycles. The highest BCUT2D eigenvalue weighted by atomic mass is 16.4. The van der Waals surface area contributed by atoms with Gasteiger partial charge >= 0.3 is 5.63 Å². The van der Waals surface area contributed by atoms with E-state index in [1.165, 1.54) is 0 Å².